The zero-order valence-electron chi connectivity index (χ0n) is 12.2. The Morgan fingerprint density at radius 2 is 2.10 bits per heavy atom. The van der Waals surface area contributed by atoms with Crippen LogP contribution in [0.5, 0.6) is 0 Å². The van der Waals surface area contributed by atoms with Gasteiger partial charge < -0.3 is 11.1 Å². The number of aryl methyl sites for hydroxylation is 3. The molecule has 0 atom stereocenters. The number of nitrogens with two attached hydrogens (primary N) is 1. The maximum absolute atomic E-state index is 12.1. The van der Waals surface area contributed by atoms with Crippen molar-refractivity contribution in [2.75, 3.05) is 5.73 Å². The van der Waals surface area contributed by atoms with E-state index < -0.39 is 0 Å². The van der Waals surface area contributed by atoms with E-state index in [0.717, 1.165) is 22.6 Å². The second-order valence-electron chi connectivity index (χ2n) is 4.87. The number of hydrogen-bond donors (Lipinski definition) is 2. The topological polar surface area (TPSA) is 85.8 Å². The molecule has 2 aromatic heterocycles. The minimum atomic E-state index is -0.224. The van der Waals surface area contributed by atoms with Gasteiger partial charge in [0.15, 0.2) is 0 Å². The van der Waals surface area contributed by atoms with Crippen LogP contribution >= 0.6 is 0 Å². The number of carbonyl (C=O) groups is 1. The van der Waals surface area contributed by atoms with Crippen molar-refractivity contribution in [3.63, 3.8) is 0 Å². The van der Waals surface area contributed by atoms with Crippen molar-refractivity contribution in [1.82, 2.24) is 20.1 Å². The SMILES string of the molecule is Cc1cc(N)c(C(=O)NCc2c(C)nn(C)c2C)cn1. The first-order chi connectivity index (χ1) is 9.40. The lowest BCUT2D eigenvalue weighted by Crippen LogP contribution is -2.24. The number of carbonyl (C=O) groups excluding carboxylic acids is 1. The van der Waals surface area contributed by atoms with Crippen LogP contribution in [0.3, 0.4) is 0 Å². The number of amides is 1. The molecule has 2 heterocycles. The first kappa shape index (κ1) is 14.0. The van der Waals surface area contributed by atoms with Gasteiger partial charge in [-0.25, -0.2) is 0 Å². The number of nitrogen functional groups attached to an aromatic ring is 1. The van der Waals surface area contributed by atoms with Gasteiger partial charge in [-0.3, -0.25) is 14.5 Å². The third-order valence-corrected chi connectivity index (χ3v) is 3.40. The van der Waals surface area contributed by atoms with Gasteiger partial charge in [0.25, 0.3) is 5.91 Å². The molecule has 3 N–H and O–H groups in total. The highest BCUT2D eigenvalue weighted by Gasteiger charge is 2.13. The molecule has 0 bridgehead atoms. The van der Waals surface area contributed by atoms with Crippen LogP contribution in [-0.2, 0) is 13.6 Å². The van der Waals surface area contributed by atoms with Gasteiger partial charge >= 0.3 is 0 Å². The van der Waals surface area contributed by atoms with Gasteiger partial charge in [0.2, 0.25) is 0 Å². The number of nitrogens with one attached hydrogen (secondary N) is 1. The Morgan fingerprint density at radius 1 is 1.40 bits per heavy atom. The minimum absolute atomic E-state index is 0.224. The summed E-state index contributed by atoms with van der Waals surface area (Å²) in [6.45, 7) is 6.16. The van der Waals surface area contributed by atoms with Crippen molar-refractivity contribution in [2.24, 2.45) is 7.05 Å². The molecule has 6 nitrogen and oxygen atoms in total. The molecule has 6 heteroatoms. The second-order valence-corrected chi connectivity index (χ2v) is 4.87. The largest absolute Gasteiger partial charge is 0.398 e. The van der Waals surface area contributed by atoms with Gasteiger partial charge in [0, 0.05) is 42.4 Å². The lowest BCUT2D eigenvalue weighted by molar-refractivity contribution is 0.0951. The number of pyridine rings is 1. The fraction of sp³-hybridized carbons (Fsp3) is 0.357. The summed E-state index contributed by atoms with van der Waals surface area (Å²) < 4.78 is 1.80. The Morgan fingerprint density at radius 3 is 2.65 bits per heavy atom. The zero-order chi connectivity index (χ0) is 14.9. The smallest absolute Gasteiger partial charge is 0.255 e. The van der Waals surface area contributed by atoms with E-state index in [0.29, 0.717) is 17.8 Å². The van der Waals surface area contributed by atoms with Crippen LogP contribution in [0.4, 0.5) is 5.69 Å². The molecule has 0 aliphatic heterocycles. The van der Waals surface area contributed by atoms with E-state index in [9.17, 15) is 4.79 Å². The number of rotatable bonds is 3. The summed E-state index contributed by atoms with van der Waals surface area (Å²) in [5, 5.41) is 7.18. The Hall–Kier alpha value is -2.37. The van der Waals surface area contributed by atoms with E-state index in [1.165, 1.54) is 6.20 Å². The Bertz CT molecular complexity index is 660. The average molecular weight is 273 g/mol. The number of anilines is 1. The second kappa shape index (κ2) is 5.32. The molecule has 0 aromatic carbocycles. The lowest BCUT2D eigenvalue weighted by atomic mass is 10.1. The van der Waals surface area contributed by atoms with Crippen LogP contribution < -0.4 is 11.1 Å². The fourth-order valence-corrected chi connectivity index (χ4v) is 2.11. The normalized spacial score (nSPS) is 10.6. The molecule has 0 saturated heterocycles. The van der Waals surface area contributed by atoms with Crippen LogP contribution in [-0.4, -0.2) is 20.7 Å². The highest BCUT2D eigenvalue weighted by molar-refractivity contribution is 5.98. The first-order valence-corrected chi connectivity index (χ1v) is 6.39. The molecule has 0 saturated carbocycles. The van der Waals surface area contributed by atoms with E-state index in [4.69, 9.17) is 5.73 Å². The first-order valence-electron chi connectivity index (χ1n) is 6.39. The summed E-state index contributed by atoms with van der Waals surface area (Å²) in [7, 11) is 1.88. The molecule has 20 heavy (non-hydrogen) atoms. The summed E-state index contributed by atoms with van der Waals surface area (Å²) in [5.74, 6) is -0.224. The van der Waals surface area contributed by atoms with Gasteiger partial charge in [0.05, 0.1) is 11.3 Å². The van der Waals surface area contributed by atoms with Crippen molar-refractivity contribution in [3.05, 3.63) is 40.5 Å². The maximum atomic E-state index is 12.1. The van der Waals surface area contributed by atoms with Crippen LogP contribution in [0.15, 0.2) is 12.3 Å². The van der Waals surface area contributed by atoms with E-state index in [1.54, 1.807) is 10.7 Å². The molecule has 0 spiro atoms. The van der Waals surface area contributed by atoms with Crippen molar-refractivity contribution >= 4 is 11.6 Å². The Kier molecular flexibility index (Phi) is 3.74. The number of hydrogen-bond acceptors (Lipinski definition) is 4. The van der Waals surface area contributed by atoms with Crippen molar-refractivity contribution in [2.45, 2.75) is 27.3 Å². The van der Waals surface area contributed by atoms with Crippen molar-refractivity contribution < 1.29 is 4.79 Å². The lowest BCUT2D eigenvalue weighted by Gasteiger charge is -2.08. The summed E-state index contributed by atoms with van der Waals surface area (Å²) in [6, 6.07) is 1.69. The molecule has 2 aromatic rings. The van der Waals surface area contributed by atoms with E-state index in [1.807, 2.05) is 27.8 Å². The minimum Gasteiger partial charge on any atom is -0.398 e. The molecule has 0 fully saturated rings. The molecular formula is C14H19N5O. The molecule has 2 rings (SSSR count). The van der Waals surface area contributed by atoms with Crippen LogP contribution in [0.2, 0.25) is 0 Å². The van der Waals surface area contributed by atoms with Gasteiger partial charge in [0.1, 0.15) is 0 Å². The quantitative estimate of drug-likeness (QED) is 0.881. The summed E-state index contributed by atoms with van der Waals surface area (Å²) >= 11 is 0. The van der Waals surface area contributed by atoms with Gasteiger partial charge in [-0.1, -0.05) is 0 Å². The highest BCUT2D eigenvalue weighted by Crippen LogP contribution is 2.14. The van der Waals surface area contributed by atoms with E-state index in [2.05, 4.69) is 15.4 Å². The average Bonchev–Trinajstić information content (AvgIpc) is 2.61. The molecular weight excluding hydrogens is 254 g/mol. The zero-order valence-corrected chi connectivity index (χ0v) is 12.2. The molecule has 0 radical (unpaired) electrons. The van der Waals surface area contributed by atoms with Crippen molar-refractivity contribution in [3.8, 4) is 0 Å². The predicted octanol–water partition coefficient (Wildman–Crippen LogP) is 1.25. The van der Waals surface area contributed by atoms with Gasteiger partial charge in [-0.05, 0) is 26.8 Å². The molecule has 0 unspecified atom stereocenters. The van der Waals surface area contributed by atoms with Gasteiger partial charge in [-0.15, -0.1) is 0 Å². The van der Waals surface area contributed by atoms with E-state index >= 15 is 0 Å². The maximum Gasteiger partial charge on any atom is 0.255 e. The molecule has 1 amide bonds. The predicted molar refractivity (Wildman–Crippen MR) is 77.2 cm³/mol. The van der Waals surface area contributed by atoms with Crippen molar-refractivity contribution in [1.29, 1.82) is 0 Å². The Balaban J connectivity index is 2.12. The third-order valence-electron chi connectivity index (χ3n) is 3.40. The van der Waals surface area contributed by atoms with Crippen LogP contribution in [0.25, 0.3) is 0 Å². The fourth-order valence-electron chi connectivity index (χ4n) is 2.11. The summed E-state index contributed by atoms with van der Waals surface area (Å²) in [5.41, 5.74) is 10.4. The monoisotopic (exact) mass is 273 g/mol. The number of aromatic nitrogens is 3. The molecule has 106 valence electrons. The van der Waals surface area contributed by atoms with E-state index in [-0.39, 0.29) is 5.91 Å². The molecule has 0 aliphatic rings. The summed E-state index contributed by atoms with van der Waals surface area (Å²) in [6.07, 6.45) is 1.50. The van der Waals surface area contributed by atoms with Crippen LogP contribution in [0, 0.1) is 20.8 Å². The third kappa shape index (κ3) is 2.64. The molecule has 0 aliphatic carbocycles. The Labute approximate surface area is 118 Å². The van der Waals surface area contributed by atoms with Gasteiger partial charge in [-0.2, -0.15) is 5.10 Å². The standard InChI is InChI=1S/C14H19N5O/c1-8-5-13(15)12(7-16-8)14(20)17-6-11-9(2)18-19(4)10(11)3/h5,7H,6H2,1-4H3,(H2,15,16)(H,17,20). The number of nitrogens with zero attached hydrogens (tertiary/aromatic N) is 3. The highest BCUT2D eigenvalue weighted by atomic mass is 16.1. The summed E-state index contributed by atoms with van der Waals surface area (Å²) in [4.78, 5) is 16.2. The van der Waals surface area contributed by atoms with Crippen LogP contribution in [0.1, 0.15) is 33.0 Å².